The Hall–Kier alpha value is -7.01. The summed E-state index contributed by atoms with van der Waals surface area (Å²) >= 11 is 0. The van der Waals surface area contributed by atoms with Crippen molar-refractivity contribution in [1.29, 1.82) is 0 Å². The van der Waals surface area contributed by atoms with Crippen LogP contribution in [0.4, 0.5) is 0 Å². The summed E-state index contributed by atoms with van der Waals surface area (Å²) in [5.74, 6) is -1.60. The molecule has 3 saturated heterocycles. The minimum atomic E-state index is -1.46. The van der Waals surface area contributed by atoms with Gasteiger partial charge in [-0.1, -0.05) is 195 Å². The van der Waals surface area contributed by atoms with E-state index in [1.807, 2.05) is 189 Å². The summed E-state index contributed by atoms with van der Waals surface area (Å²) in [6.45, 7) is 22.1. The van der Waals surface area contributed by atoms with Gasteiger partial charge in [0.2, 0.25) is 0 Å². The summed E-state index contributed by atoms with van der Waals surface area (Å²) in [6, 6.07) is 58.2. The summed E-state index contributed by atoms with van der Waals surface area (Å²) in [4.78, 5) is 43.4. The topological polar surface area (TPSA) is 190 Å². The van der Waals surface area contributed by atoms with Gasteiger partial charge in [-0.25, -0.2) is 0 Å². The van der Waals surface area contributed by atoms with Gasteiger partial charge in [0.25, 0.3) is 0 Å². The van der Waals surface area contributed by atoms with Crippen molar-refractivity contribution >= 4 is 17.9 Å². The fourth-order valence-corrected chi connectivity index (χ4v) is 11.5. The average molecular weight is 1360 g/mol. The van der Waals surface area contributed by atoms with Crippen LogP contribution in [0.15, 0.2) is 195 Å². The summed E-state index contributed by atoms with van der Waals surface area (Å²) in [6.07, 6.45) is -12.9. The fourth-order valence-electron chi connectivity index (χ4n) is 11.5. The van der Waals surface area contributed by atoms with Gasteiger partial charge in [0.05, 0.1) is 81.8 Å². The lowest BCUT2D eigenvalue weighted by molar-refractivity contribution is -0.356. The summed E-state index contributed by atoms with van der Waals surface area (Å²) in [7, 11) is 0. The molecule has 18 nitrogen and oxygen atoms in total. The van der Waals surface area contributed by atoms with Crippen molar-refractivity contribution in [3.8, 4) is 0 Å². The third kappa shape index (κ3) is 22.5. The predicted molar refractivity (Wildman–Crippen MR) is 372 cm³/mol. The first-order valence-electron chi connectivity index (χ1n) is 34.6. The van der Waals surface area contributed by atoms with Gasteiger partial charge in [-0.15, -0.1) is 6.58 Å². The highest BCUT2D eigenvalue weighted by Gasteiger charge is 2.56. The van der Waals surface area contributed by atoms with Crippen LogP contribution in [0.25, 0.3) is 0 Å². The lowest BCUT2D eigenvalue weighted by Crippen LogP contribution is -2.65. The molecule has 0 bridgehead atoms. The van der Waals surface area contributed by atoms with E-state index < -0.39 is 126 Å². The lowest BCUT2D eigenvalue weighted by atomic mass is 9.94. The standard InChI is InChI=1S/C81H102O18/c1-12-14-33-46-85-73-70(97-76(82)79(3,4)5)68(90-51-59-42-29-19-30-43-59)65(87-48-56-36-23-16-24-37-56)62(95-73)53-93-75-72(99-78(84)81(9,10)11)69(91-52-60-44-31-20-32-45-60)66(88-49-57-38-25-17-26-39-57)63(96-75)54-92-74-71(98-77(83)80(6,7)8)67(89-50-58-40-27-18-28-41-58)64(61(13-2)94-74)86-47-55-34-21-15-22-35-55/h12,15-32,34-45,61-75H,1,13-14,33,46-54H2,2-11H3/t61?,62?,63?,64-,65+,66-,67+,68-,69+,70?,71?,72?,73-,74-,75-/m1/s1. The average Bonchev–Trinajstić information content (AvgIpc) is 1.44. The third-order valence-electron chi connectivity index (χ3n) is 17.1. The van der Waals surface area contributed by atoms with Gasteiger partial charge in [0.1, 0.15) is 48.8 Å². The van der Waals surface area contributed by atoms with Gasteiger partial charge in [-0.2, -0.15) is 0 Å². The number of carbonyl (C=O) groups is 3. The van der Waals surface area contributed by atoms with Gasteiger partial charge in [-0.3, -0.25) is 14.4 Å². The second kappa shape index (κ2) is 37.1. The molecule has 0 saturated carbocycles. The second-order valence-corrected chi connectivity index (χ2v) is 28.4. The van der Waals surface area contributed by atoms with E-state index in [0.717, 1.165) is 33.4 Å². The number of rotatable bonds is 33. The van der Waals surface area contributed by atoms with E-state index in [0.29, 0.717) is 19.3 Å². The number of esters is 3. The van der Waals surface area contributed by atoms with Crippen molar-refractivity contribution in [2.24, 2.45) is 16.2 Å². The van der Waals surface area contributed by atoms with Crippen LogP contribution < -0.4 is 0 Å². The smallest absolute Gasteiger partial charge is 0.311 e. The molecule has 6 unspecified atom stereocenters. The highest BCUT2D eigenvalue weighted by molar-refractivity contribution is 5.76. The van der Waals surface area contributed by atoms with E-state index >= 15 is 0 Å². The molecular weight excluding hydrogens is 1260 g/mol. The molecule has 0 aliphatic carbocycles. The molecule has 18 heteroatoms. The Morgan fingerprint density at radius 1 is 0.343 bits per heavy atom. The zero-order valence-corrected chi connectivity index (χ0v) is 59.1. The minimum absolute atomic E-state index is 0.0429. The van der Waals surface area contributed by atoms with Gasteiger partial charge in [-0.05, 0) is 115 Å². The highest BCUT2D eigenvalue weighted by Crippen LogP contribution is 2.39. The minimum Gasteiger partial charge on any atom is -0.454 e. The van der Waals surface area contributed by atoms with E-state index in [2.05, 4.69) is 6.58 Å². The molecule has 99 heavy (non-hydrogen) atoms. The lowest BCUT2D eigenvalue weighted by Gasteiger charge is -2.48. The quantitative estimate of drug-likeness (QED) is 0.0163. The first kappa shape index (κ1) is 76.2. The number of allylic oxidation sites excluding steroid dienone is 1. The Kier molecular flexibility index (Phi) is 28.5. The van der Waals surface area contributed by atoms with Crippen LogP contribution in [-0.2, 0) is 125 Å². The van der Waals surface area contributed by atoms with Crippen molar-refractivity contribution < 1.29 is 85.4 Å². The Balaban J connectivity index is 1.14. The number of ether oxygens (including phenoxy) is 15. The predicted octanol–water partition coefficient (Wildman–Crippen LogP) is 14.0. The molecule has 3 aliphatic heterocycles. The maximum atomic E-state index is 14.7. The maximum absolute atomic E-state index is 14.7. The maximum Gasteiger partial charge on any atom is 0.311 e. The van der Waals surface area contributed by atoms with Crippen LogP contribution in [0.2, 0.25) is 0 Å². The largest absolute Gasteiger partial charge is 0.454 e. The molecule has 0 aromatic heterocycles. The number of benzene rings is 6. The van der Waals surface area contributed by atoms with E-state index in [4.69, 9.17) is 71.1 Å². The molecule has 0 radical (unpaired) electrons. The van der Waals surface area contributed by atoms with Crippen molar-refractivity contribution in [3.05, 3.63) is 228 Å². The molecule has 0 N–H and O–H groups in total. The SMILES string of the molecule is C=CCCCO[C@@H]1OC(CO[C@@H]2OC(CO[C@@H]3OC(CC)[C@@H](OCc4ccccc4)[C@H](OCc4ccccc4)C3OC(=O)C(C)(C)C)[C@@H](OCc3ccccc3)[C@H](OCc3ccccc3)C2OC(=O)C(C)(C)C)[C@H](OCc2ccccc2)[C@@H](OCc2ccccc2)C1OC(=O)C(C)(C)C. The monoisotopic (exact) mass is 1360 g/mol. The molecule has 9 rings (SSSR count). The van der Waals surface area contributed by atoms with Crippen LogP contribution in [-0.4, -0.2) is 130 Å². The molecule has 6 aromatic rings. The van der Waals surface area contributed by atoms with Gasteiger partial charge >= 0.3 is 17.9 Å². The zero-order valence-electron chi connectivity index (χ0n) is 59.1. The van der Waals surface area contributed by atoms with Crippen molar-refractivity contribution in [3.63, 3.8) is 0 Å². The summed E-state index contributed by atoms with van der Waals surface area (Å²) in [5, 5.41) is 0. The second-order valence-electron chi connectivity index (χ2n) is 28.4. The Morgan fingerprint density at radius 2 is 0.586 bits per heavy atom. The molecule has 15 atom stereocenters. The Bertz CT molecular complexity index is 3340. The fraction of sp³-hybridized carbons (Fsp3) is 0.494. The number of hydrogen-bond donors (Lipinski definition) is 0. The van der Waals surface area contributed by atoms with Crippen LogP contribution in [0.1, 0.15) is 122 Å². The van der Waals surface area contributed by atoms with E-state index in [1.165, 1.54) is 0 Å². The molecular formula is C81H102O18. The summed E-state index contributed by atoms with van der Waals surface area (Å²) in [5.41, 5.74) is 2.24. The van der Waals surface area contributed by atoms with Crippen LogP contribution >= 0.6 is 0 Å². The van der Waals surface area contributed by atoms with Crippen molar-refractivity contribution in [1.82, 2.24) is 0 Å². The molecule has 0 spiro atoms. The van der Waals surface area contributed by atoms with Crippen LogP contribution in [0.5, 0.6) is 0 Å². The van der Waals surface area contributed by atoms with Gasteiger partial charge in [0, 0.05) is 0 Å². The first-order valence-corrected chi connectivity index (χ1v) is 34.6. The normalized spacial score (nSPS) is 25.9. The van der Waals surface area contributed by atoms with E-state index in [1.54, 1.807) is 68.4 Å². The van der Waals surface area contributed by atoms with E-state index in [-0.39, 0.29) is 59.5 Å². The van der Waals surface area contributed by atoms with Crippen LogP contribution in [0.3, 0.4) is 0 Å². The highest BCUT2D eigenvalue weighted by atomic mass is 16.8. The summed E-state index contributed by atoms with van der Waals surface area (Å²) < 4.78 is 104. The molecule has 3 heterocycles. The Morgan fingerprint density at radius 3 is 0.838 bits per heavy atom. The number of carbonyl (C=O) groups excluding carboxylic acids is 3. The molecule has 3 aliphatic rings. The first-order chi connectivity index (χ1) is 47.7. The van der Waals surface area contributed by atoms with Gasteiger partial charge in [0.15, 0.2) is 37.2 Å². The molecule has 0 amide bonds. The van der Waals surface area contributed by atoms with E-state index in [9.17, 15) is 14.4 Å². The molecule has 534 valence electrons. The molecule has 3 fully saturated rings. The number of unbranched alkanes of at least 4 members (excludes halogenated alkanes) is 1. The zero-order chi connectivity index (χ0) is 70.4. The molecule has 6 aromatic carbocycles. The Labute approximate surface area is 585 Å². The third-order valence-corrected chi connectivity index (χ3v) is 17.1. The van der Waals surface area contributed by atoms with Crippen molar-refractivity contribution in [2.45, 2.75) is 220 Å². The number of hydrogen-bond acceptors (Lipinski definition) is 18. The van der Waals surface area contributed by atoms with Crippen molar-refractivity contribution in [2.75, 3.05) is 19.8 Å². The van der Waals surface area contributed by atoms with Gasteiger partial charge < -0.3 is 71.1 Å². The van der Waals surface area contributed by atoms with Crippen LogP contribution in [0, 0.1) is 16.2 Å².